The summed E-state index contributed by atoms with van der Waals surface area (Å²) in [6.07, 6.45) is 39.4. The van der Waals surface area contributed by atoms with Crippen LogP contribution in [0.4, 0.5) is 9.59 Å². The molecule has 0 aliphatic rings. The van der Waals surface area contributed by atoms with E-state index < -0.39 is 12.3 Å². The summed E-state index contributed by atoms with van der Waals surface area (Å²) >= 11 is 0. The molecule has 0 bridgehead atoms. The van der Waals surface area contributed by atoms with Crippen molar-refractivity contribution in [1.82, 2.24) is 14.7 Å². The Morgan fingerprint density at radius 2 is 0.396 bits per heavy atom. The van der Waals surface area contributed by atoms with Gasteiger partial charge in [0, 0.05) is 0 Å². The molecular formula is C44H97N3O6. The zero-order chi connectivity index (χ0) is 41.2. The standard InChI is InChI=1S/3C14H31N.2CH2O3/c3*1-4-5-6-7-8-9-10-11-12-13-14-15(2)3;2*2-1(3)4/h3*4-14H2,1-3H3;2*(H2,2,3,4). The molecule has 0 aliphatic heterocycles. The molecular weight excluding hydrogens is 666 g/mol. The van der Waals surface area contributed by atoms with Gasteiger partial charge in [-0.1, -0.05) is 194 Å². The molecule has 0 amide bonds. The lowest BCUT2D eigenvalue weighted by molar-refractivity contribution is 0.135. The summed E-state index contributed by atoms with van der Waals surface area (Å²) in [6, 6.07) is 0. The zero-order valence-corrected chi connectivity index (χ0v) is 37.3. The van der Waals surface area contributed by atoms with Gasteiger partial charge < -0.3 is 35.1 Å². The molecule has 0 spiro atoms. The third-order valence-corrected chi connectivity index (χ3v) is 8.88. The summed E-state index contributed by atoms with van der Waals surface area (Å²) in [6.45, 7) is 10.6. The van der Waals surface area contributed by atoms with Crippen molar-refractivity contribution in [2.75, 3.05) is 61.9 Å². The van der Waals surface area contributed by atoms with E-state index in [1.165, 1.54) is 212 Å². The van der Waals surface area contributed by atoms with Crippen LogP contribution in [0.1, 0.15) is 213 Å². The van der Waals surface area contributed by atoms with E-state index in [0.717, 1.165) is 0 Å². The van der Waals surface area contributed by atoms with Crippen LogP contribution in [0.2, 0.25) is 0 Å². The van der Waals surface area contributed by atoms with Crippen LogP contribution in [0.25, 0.3) is 0 Å². The molecule has 0 atom stereocenters. The minimum absolute atomic E-state index is 1.26. The molecule has 0 radical (unpaired) electrons. The predicted molar refractivity (Wildman–Crippen MR) is 233 cm³/mol. The van der Waals surface area contributed by atoms with E-state index in [-0.39, 0.29) is 0 Å². The van der Waals surface area contributed by atoms with Crippen molar-refractivity contribution < 1.29 is 30.0 Å². The van der Waals surface area contributed by atoms with E-state index in [1.807, 2.05) is 0 Å². The molecule has 4 N–H and O–H groups in total. The number of carboxylic acid groups (broad SMARTS) is 4. The first kappa shape index (κ1) is 60.7. The first-order valence-electron chi connectivity index (χ1n) is 22.1. The van der Waals surface area contributed by atoms with Gasteiger partial charge in [-0.05, 0) is 81.2 Å². The molecule has 0 aromatic carbocycles. The lowest BCUT2D eigenvalue weighted by Gasteiger charge is -2.08. The fourth-order valence-corrected chi connectivity index (χ4v) is 5.75. The number of hydrogen-bond donors (Lipinski definition) is 4. The van der Waals surface area contributed by atoms with Crippen molar-refractivity contribution in [2.45, 2.75) is 213 Å². The summed E-state index contributed by atoms with van der Waals surface area (Å²) in [4.78, 5) is 24.0. The van der Waals surface area contributed by atoms with Crippen LogP contribution in [0, 0.1) is 0 Å². The number of unbranched alkanes of at least 4 members (excludes halogenated alkanes) is 27. The van der Waals surface area contributed by atoms with Crippen molar-refractivity contribution in [1.29, 1.82) is 0 Å². The minimum Gasteiger partial charge on any atom is -0.450 e. The van der Waals surface area contributed by atoms with Gasteiger partial charge in [0.05, 0.1) is 0 Å². The van der Waals surface area contributed by atoms with Crippen molar-refractivity contribution in [3.63, 3.8) is 0 Å². The zero-order valence-electron chi connectivity index (χ0n) is 37.3. The second kappa shape index (κ2) is 57.1. The summed E-state index contributed by atoms with van der Waals surface area (Å²) in [5.41, 5.74) is 0. The molecule has 0 saturated heterocycles. The predicted octanol–water partition coefficient (Wildman–Crippen LogP) is 13.9. The monoisotopic (exact) mass is 764 g/mol. The smallest absolute Gasteiger partial charge is 0.450 e. The van der Waals surface area contributed by atoms with Gasteiger partial charge in [-0.25, -0.2) is 9.59 Å². The van der Waals surface area contributed by atoms with Crippen LogP contribution in [0.5, 0.6) is 0 Å². The van der Waals surface area contributed by atoms with Crippen molar-refractivity contribution in [3.8, 4) is 0 Å². The molecule has 0 aliphatic carbocycles. The maximum absolute atomic E-state index is 8.56. The molecule has 0 heterocycles. The fourth-order valence-electron chi connectivity index (χ4n) is 5.75. The molecule has 53 heavy (non-hydrogen) atoms. The van der Waals surface area contributed by atoms with Crippen molar-refractivity contribution >= 4 is 12.3 Å². The first-order valence-corrected chi connectivity index (χ1v) is 22.1. The van der Waals surface area contributed by atoms with Crippen molar-refractivity contribution in [3.05, 3.63) is 0 Å². The van der Waals surface area contributed by atoms with Gasteiger partial charge in [0.15, 0.2) is 0 Å². The Kier molecular flexibility index (Phi) is 65.4. The van der Waals surface area contributed by atoms with Crippen LogP contribution >= 0.6 is 0 Å². The molecule has 9 nitrogen and oxygen atoms in total. The van der Waals surface area contributed by atoms with Gasteiger partial charge in [-0.3, -0.25) is 0 Å². The van der Waals surface area contributed by atoms with Crippen LogP contribution in [0.3, 0.4) is 0 Å². The Morgan fingerprint density at radius 3 is 0.509 bits per heavy atom. The molecule has 324 valence electrons. The van der Waals surface area contributed by atoms with Crippen LogP contribution in [0.15, 0.2) is 0 Å². The van der Waals surface area contributed by atoms with Crippen LogP contribution < -0.4 is 0 Å². The van der Waals surface area contributed by atoms with Crippen LogP contribution in [-0.2, 0) is 0 Å². The van der Waals surface area contributed by atoms with Crippen LogP contribution in [-0.4, -0.2) is 109 Å². The lowest BCUT2D eigenvalue weighted by atomic mass is 10.1. The average molecular weight is 764 g/mol. The Labute approximate surface area is 331 Å². The van der Waals surface area contributed by atoms with Gasteiger partial charge in [0.2, 0.25) is 0 Å². The van der Waals surface area contributed by atoms with Crippen molar-refractivity contribution in [2.24, 2.45) is 0 Å². The van der Waals surface area contributed by atoms with E-state index in [9.17, 15) is 0 Å². The number of carbonyl (C=O) groups is 2. The lowest BCUT2D eigenvalue weighted by Crippen LogP contribution is -2.12. The van der Waals surface area contributed by atoms with E-state index in [1.54, 1.807) is 0 Å². The average Bonchev–Trinajstić information content (AvgIpc) is 3.07. The topological polar surface area (TPSA) is 125 Å². The first-order chi connectivity index (χ1) is 25.3. The molecule has 0 aromatic heterocycles. The van der Waals surface area contributed by atoms with E-state index in [2.05, 4.69) is 77.8 Å². The largest absolute Gasteiger partial charge is 0.503 e. The summed E-state index contributed by atoms with van der Waals surface area (Å²) in [5.74, 6) is 0. The fraction of sp³-hybridized carbons (Fsp3) is 0.955. The molecule has 0 aromatic rings. The quantitative estimate of drug-likeness (QED) is 0.0483. The molecule has 9 heteroatoms. The summed E-state index contributed by atoms with van der Waals surface area (Å²) < 4.78 is 0. The number of rotatable bonds is 33. The Bertz CT molecular complexity index is 564. The Hall–Kier alpha value is -1.58. The second-order valence-electron chi connectivity index (χ2n) is 15.5. The highest BCUT2D eigenvalue weighted by Crippen LogP contribution is 2.12. The Balaban J connectivity index is -0.000000196. The number of nitrogens with zero attached hydrogens (tertiary/aromatic N) is 3. The Morgan fingerprint density at radius 1 is 0.283 bits per heavy atom. The van der Waals surface area contributed by atoms with Gasteiger partial charge in [0.1, 0.15) is 0 Å². The van der Waals surface area contributed by atoms with Gasteiger partial charge in [-0.2, -0.15) is 0 Å². The van der Waals surface area contributed by atoms with E-state index in [4.69, 9.17) is 30.0 Å². The summed E-state index contributed by atoms with van der Waals surface area (Å²) in [5, 5.41) is 27.9. The van der Waals surface area contributed by atoms with Gasteiger partial charge in [0.25, 0.3) is 0 Å². The minimum atomic E-state index is -1.83. The third kappa shape index (κ3) is 99.8. The molecule has 0 saturated carbocycles. The van der Waals surface area contributed by atoms with E-state index in [0.29, 0.717) is 0 Å². The second-order valence-corrected chi connectivity index (χ2v) is 15.5. The molecule has 0 fully saturated rings. The highest BCUT2D eigenvalue weighted by Gasteiger charge is 1.96. The van der Waals surface area contributed by atoms with Gasteiger partial charge >= 0.3 is 12.3 Å². The highest BCUT2D eigenvalue weighted by atomic mass is 16.6. The summed E-state index contributed by atoms with van der Waals surface area (Å²) in [7, 11) is 13.0. The van der Waals surface area contributed by atoms with E-state index >= 15 is 0 Å². The maximum Gasteiger partial charge on any atom is 0.503 e. The number of hydrogen-bond acceptors (Lipinski definition) is 5. The normalized spacial score (nSPS) is 10.4. The molecule has 0 unspecified atom stereocenters. The molecule has 0 rings (SSSR count). The highest BCUT2D eigenvalue weighted by molar-refractivity contribution is 5.53. The maximum atomic E-state index is 8.56. The third-order valence-electron chi connectivity index (χ3n) is 8.88. The van der Waals surface area contributed by atoms with Gasteiger partial charge in [-0.15, -0.1) is 0 Å². The SMILES string of the molecule is CCCCCCCCCCCCN(C)C.CCCCCCCCCCCCN(C)C.CCCCCCCCCCCCN(C)C.O=C(O)O.O=C(O)O.